The number of hydrogen-bond acceptors (Lipinski definition) is 5. The van der Waals surface area contributed by atoms with E-state index in [1.165, 1.54) is 19.2 Å². The van der Waals surface area contributed by atoms with Crippen LogP contribution in [-0.4, -0.2) is 61.0 Å². The molecule has 2 rings (SSSR count). The van der Waals surface area contributed by atoms with Gasteiger partial charge >= 0.3 is 5.69 Å². The van der Waals surface area contributed by atoms with Crippen molar-refractivity contribution in [2.45, 2.75) is 18.9 Å². The van der Waals surface area contributed by atoms with Crippen molar-refractivity contribution < 1.29 is 14.5 Å². The first kappa shape index (κ1) is 16.2. The summed E-state index contributed by atoms with van der Waals surface area (Å²) in [5.41, 5.74) is 0.124. The van der Waals surface area contributed by atoms with Crippen molar-refractivity contribution in [2.24, 2.45) is 0 Å². The van der Waals surface area contributed by atoms with Gasteiger partial charge in [0.15, 0.2) is 5.75 Å². The number of nitro benzene ring substituents is 1. The van der Waals surface area contributed by atoms with Gasteiger partial charge in [-0.15, -0.1) is 0 Å². The smallest absolute Gasteiger partial charge is 0.311 e. The zero-order valence-electron chi connectivity index (χ0n) is 13.1. The van der Waals surface area contributed by atoms with Gasteiger partial charge in [-0.3, -0.25) is 14.9 Å². The highest BCUT2D eigenvalue weighted by molar-refractivity contribution is 5.95. The van der Waals surface area contributed by atoms with Crippen LogP contribution in [0.2, 0.25) is 0 Å². The van der Waals surface area contributed by atoms with Crippen molar-refractivity contribution in [1.82, 2.24) is 9.80 Å². The molecule has 7 nitrogen and oxygen atoms in total. The van der Waals surface area contributed by atoms with E-state index in [4.69, 9.17) is 4.74 Å². The van der Waals surface area contributed by atoms with Crippen molar-refractivity contribution >= 4 is 11.6 Å². The molecule has 1 fully saturated rings. The highest BCUT2D eigenvalue weighted by atomic mass is 16.6. The molecule has 22 heavy (non-hydrogen) atoms. The van der Waals surface area contributed by atoms with Gasteiger partial charge in [-0.2, -0.15) is 0 Å². The van der Waals surface area contributed by atoms with Crippen molar-refractivity contribution in [2.75, 3.05) is 34.3 Å². The van der Waals surface area contributed by atoms with E-state index < -0.39 is 4.92 Å². The van der Waals surface area contributed by atoms with Crippen molar-refractivity contribution in [1.29, 1.82) is 0 Å². The quantitative estimate of drug-likeness (QED) is 0.626. The molecule has 0 N–H and O–H groups in total. The second-order valence-electron chi connectivity index (χ2n) is 5.59. The summed E-state index contributed by atoms with van der Waals surface area (Å²) in [6.07, 6.45) is 1.83. The summed E-state index contributed by atoms with van der Waals surface area (Å²) in [6.45, 7) is 1.90. The number of benzene rings is 1. The molecule has 120 valence electrons. The Morgan fingerprint density at radius 3 is 2.59 bits per heavy atom. The predicted molar refractivity (Wildman–Crippen MR) is 82.3 cm³/mol. The van der Waals surface area contributed by atoms with Gasteiger partial charge in [-0.1, -0.05) is 0 Å². The Morgan fingerprint density at radius 1 is 1.41 bits per heavy atom. The molecule has 0 radical (unpaired) electrons. The van der Waals surface area contributed by atoms with Crippen LogP contribution >= 0.6 is 0 Å². The highest BCUT2D eigenvalue weighted by Crippen LogP contribution is 2.28. The number of carbonyl (C=O) groups excluding carboxylic acids is 1. The molecule has 0 saturated carbocycles. The molecular weight excluding hydrogens is 286 g/mol. The Bertz CT molecular complexity index is 568. The first-order valence-electron chi connectivity index (χ1n) is 7.22. The average Bonchev–Trinajstić information content (AvgIpc) is 2.53. The zero-order valence-corrected chi connectivity index (χ0v) is 13.1. The Morgan fingerprint density at radius 2 is 2.05 bits per heavy atom. The molecule has 1 amide bonds. The van der Waals surface area contributed by atoms with E-state index in [1.54, 1.807) is 18.0 Å². The maximum atomic E-state index is 12.5. The number of hydrogen-bond donors (Lipinski definition) is 0. The minimum absolute atomic E-state index is 0.156. The number of carbonyl (C=O) groups is 1. The van der Waals surface area contributed by atoms with Crippen molar-refractivity contribution in [3.8, 4) is 5.75 Å². The highest BCUT2D eigenvalue weighted by Gasteiger charge is 2.26. The predicted octanol–water partition coefficient (Wildman–Crippen LogP) is 1.77. The van der Waals surface area contributed by atoms with E-state index in [-0.39, 0.29) is 23.4 Å². The van der Waals surface area contributed by atoms with Gasteiger partial charge < -0.3 is 14.5 Å². The number of ether oxygens (including phenoxy) is 1. The molecule has 7 heteroatoms. The van der Waals surface area contributed by atoms with Crippen molar-refractivity contribution in [3.05, 3.63) is 33.9 Å². The van der Waals surface area contributed by atoms with Crippen LogP contribution < -0.4 is 4.74 Å². The summed E-state index contributed by atoms with van der Waals surface area (Å²) < 4.78 is 4.96. The van der Waals surface area contributed by atoms with Crippen molar-refractivity contribution in [3.63, 3.8) is 0 Å². The SMILES string of the molecule is COc1ccc(C(=O)N(C)C2CCN(C)CC2)cc1[N+](=O)[O-]. The van der Waals surface area contributed by atoms with E-state index in [2.05, 4.69) is 11.9 Å². The van der Waals surface area contributed by atoms with Crippen LogP contribution in [-0.2, 0) is 0 Å². The normalized spacial score (nSPS) is 16.3. The summed E-state index contributed by atoms with van der Waals surface area (Å²) in [6, 6.07) is 4.49. The first-order valence-corrected chi connectivity index (χ1v) is 7.22. The van der Waals surface area contributed by atoms with Crippen LogP contribution in [0.5, 0.6) is 5.75 Å². The maximum absolute atomic E-state index is 12.5. The van der Waals surface area contributed by atoms with E-state index in [0.29, 0.717) is 5.56 Å². The Labute approximate surface area is 129 Å². The van der Waals surface area contributed by atoms with Crippen LogP contribution in [0.25, 0.3) is 0 Å². The number of methoxy groups -OCH3 is 1. The van der Waals surface area contributed by atoms with Crippen LogP contribution in [0.4, 0.5) is 5.69 Å². The van der Waals surface area contributed by atoms with Gasteiger partial charge in [0, 0.05) is 24.7 Å². The molecule has 1 saturated heterocycles. The van der Waals surface area contributed by atoms with Gasteiger partial charge in [0.2, 0.25) is 0 Å². The van der Waals surface area contributed by atoms with E-state index in [1.807, 2.05) is 0 Å². The Kier molecular flexibility index (Phi) is 4.97. The minimum Gasteiger partial charge on any atom is -0.490 e. The molecule has 1 heterocycles. The fourth-order valence-corrected chi connectivity index (χ4v) is 2.72. The molecule has 0 aliphatic carbocycles. The standard InChI is InChI=1S/C15H21N3O4/c1-16-8-6-12(7-9-16)17(2)15(19)11-4-5-14(22-3)13(10-11)18(20)21/h4-5,10,12H,6-9H2,1-3H3. The molecule has 0 atom stereocenters. The second-order valence-corrected chi connectivity index (χ2v) is 5.59. The number of piperidine rings is 1. The largest absolute Gasteiger partial charge is 0.490 e. The van der Waals surface area contributed by atoms with Gasteiger partial charge in [0.25, 0.3) is 5.91 Å². The van der Waals surface area contributed by atoms with E-state index >= 15 is 0 Å². The fourth-order valence-electron chi connectivity index (χ4n) is 2.72. The molecule has 0 unspecified atom stereocenters. The Hall–Kier alpha value is -2.15. The monoisotopic (exact) mass is 307 g/mol. The third-order valence-corrected chi connectivity index (χ3v) is 4.18. The molecule has 1 aromatic rings. The molecule has 0 spiro atoms. The van der Waals surface area contributed by atoms with E-state index in [0.717, 1.165) is 25.9 Å². The van der Waals surface area contributed by atoms with Gasteiger partial charge in [-0.05, 0) is 45.1 Å². The third-order valence-electron chi connectivity index (χ3n) is 4.18. The number of nitrogens with zero attached hydrogens (tertiary/aromatic N) is 3. The van der Waals surface area contributed by atoms with Gasteiger partial charge in [-0.25, -0.2) is 0 Å². The maximum Gasteiger partial charge on any atom is 0.311 e. The van der Waals surface area contributed by atoms with Crippen LogP contribution in [0.15, 0.2) is 18.2 Å². The number of nitro groups is 1. The fraction of sp³-hybridized carbons (Fsp3) is 0.533. The average molecular weight is 307 g/mol. The van der Waals surface area contributed by atoms with Crippen LogP contribution in [0, 0.1) is 10.1 Å². The summed E-state index contributed by atoms with van der Waals surface area (Å²) in [5, 5.41) is 11.1. The summed E-state index contributed by atoms with van der Waals surface area (Å²) in [4.78, 5) is 27.0. The second kappa shape index (κ2) is 6.74. The molecule has 0 bridgehead atoms. The lowest BCUT2D eigenvalue weighted by Crippen LogP contribution is -2.44. The minimum atomic E-state index is -0.537. The molecule has 0 aromatic heterocycles. The summed E-state index contributed by atoms with van der Waals surface area (Å²) in [7, 11) is 5.19. The molecule has 1 aromatic carbocycles. The number of rotatable bonds is 4. The lowest BCUT2D eigenvalue weighted by Gasteiger charge is -2.35. The number of amides is 1. The van der Waals surface area contributed by atoms with Gasteiger partial charge in [0.05, 0.1) is 12.0 Å². The van der Waals surface area contributed by atoms with Crippen LogP contribution in [0.1, 0.15) is 23.2 Å². The molecule has 1 aliphatic heterocycles. The Balaban J connectivity index is 2.18. The molecule has 1 aliphatic rings. The lowest BCUT2D eigenvalue weighted by molar-refractivity contribution is -0.385. The summed E-state index contributed by atoms with van der Waals surface area (Å²) >= 11 is 0. The van der Waals surface area contributed by atoms with E-state index in [9.17, 15) is 14.9 Å². The summed E-state index contributed by atoms with van der Waals surface area (Å²) in [5.74, 6) is -0.0381. The third kappa shape index (κ3) is 3.36. The molecular formula is C15H21N3O4. The van der Waals surface area contributed by atoms with Gasteiger partial charge in [0.1, 0.15) is 0 Å². The zero-order chi connectivity index (χ0) is 16.3. The lowest BCUT2D eigenvalue weighted by atomic mass is 10.0. The number of likely N-dealkylation sites (tertiary alicyclic amines) is 1. The van der Waals surface area contributed by atoms with Crippen LogP contribution in [0.3, 0.4) is 0 Å². The first-order chi connectivity index (χ1) is 10.4. The topological polar surface area (TPSA) is 75.9 Å².